The predicted molar refractivity (Wildman–Crippen MR) is 118 cm³/mol. The number of benzene rings is 1. The number of anilines is 1. The van der Waals surface area contributed by atoms with Crippen molar-refractivity contribution in [1.82, 2.24) is 9.29 Å². The second-order valence-corrected chi connectivity index (χ2v) is 9.76. The molecule has 2 aromatic rings. The van der Waals surface area contributed by atoms with Crippen LogP contribution in [0.3, 0.4) is 0 Å². The maximum atomic E-state index is 13.1. The first-order valence-electron chi connectivity index (χ1n) is 10.5. The van der Waals surface area contributed by atoms with Crippen LogP contribution in [0.4, 0.5) is 5.69 Å². The van der Waals surface area contributed by atoms with Crippen molar-refractivity contribution in [2.75, 3.05) is 17.8 Å². The fraction of sp³-hybridized carbons (Fsp3) is 0.391. The molecule has 0 radical (unpaired) electrons. The Kier molecular flexibility index (Phi) is 6.25. The molecule has 1 saturated carbocycles. The van der Waals surface area contributed by atoms with Crippen molar-refractivity contribution >= 4 is 21.9 Å². The molecule has 162 valence electrons. The number of aromatic carboxylic acids is 1. The first-order valence-corrected chi connectivity index (χ1v) is 11.9. The predicted octanol–water partition coefficient (Wildman–Crippen LogP) is 3.35. The zero-order valence-corrected chi connectivity index (χ0v) is 17.9. The molecule has 31 heavy (non-hydrogen) atoms. The number of piperidine rings is 1. The van der Waals surface area contributed by atoms with Crippen molar-refractivity contribution in [3.05, 3.63) is 59.4 Å². The highest BCUT2D eigenvalue weighted by Crippen LogP contribution is 2.37. The molecular formula is C23H25N3O4S. The quantitative estimate of drug-likeness (QED) is 0.712. The van der Waals surface area contributed by atoms with Gasteiger partial charge in [0.1, 0.15) is 5.69 Å². The minimum atomic E-state index is -3.67. The van der Waals surface area contributed by atoms with Gasteiger partial charge in [-0.1, -0.05) is 43.2 Å². The van der Waals surface area contributed by atoms with Gasteiger partial charge in [0, 0.05) is 30.4 Å². The van der Waals surface area contributed by atoms with E-state index in [1.165, 1.54) is 31.5 Å². The fourth-order valence-electron chi connectivity index (χ4n) is 4.40. The van der Waals surface area contributed by atoms with Gasteiger partial charge in [-0.25, -0.2) is 9.78 Å². The Labute approximate surface area is 182 Å². The van der Waals surface area contributed by atoms with Gasteiger partial charge < -0.3 is 5.11 Å². The van der Waals surface area contributed by atoms with Crippen molar-refractivity contribution in [3.63, 3.8) is 0 Å². The van der Waals surface area contributed by atoms with Gasteiger partial charge >= 0.3 is 16.2 Å². The molecule has 1 aliphatic carbocycles. The molecule has 2 heterocycles. The van der Waals surface area contributed by atoms with Gasteiger partial charge in [0.05, 0.1) is 5.69 Å². The number of carboxylic acids is 1. The number of carboxylic acid groups (broad SMARTS) is 1. The second kappa shape index (κ2) is 9.08. The molecular weight excluding hydrogens is 414 g/mol. The standard InChI is InChI=1S/C23H25N3O4S/c27-23(28)22-12-10-17(15-24-22)9-11-19-6-3-4-8-21(19)25-31(29,30)26-14-13-18-5-1-2-7-20(18)16-26/h3-4,6,8,10,12,15,18,20,25H,1-2,5,7,13-14,16H2,(H,27,28). The summed E-state index contributed by atoms with van der Waals surface area (Å²) in [6.07, 6.45) is 7.07. The molecule has 1 aromatic heterocycles. The van der Waals surface area contributed by atoms with Crippen LogP contribution < -0.4 is 4.72 Å². The molecule has 2 N–H and O–H groups in total. The Morgan fingerprint density at radius 2 is 1.84 bits per heavy atom. The van der Waals surface area contributed by atoms with Gasteiger partial charge in [-0.15, -0.1) is 0 Å². The molecule has 0 spiro atoms. The number of para-hydroxylation sites is 1. The fourth-order valence-corrected chi connectivity index (χ4v) is 5.72. The average Bonchev–Trinajstić information content (AvgIpc) is 2.78. The van der Waals surface area contributed by atoms with E-state index >= 15 is 0 Å². The van der Waals surface area contributed by atoms with E-state index in [4.69, 9.17) is 5.11 Å². The van der Waals surface area contributed by atoms with Crippen LogP contribution in [0, 0.1) is 23.7 Å². The van der Waals surface area contributed by atoms with Crippen LogP contribution in [-0.2, 0) is 10.2 Å². The average molecular weight is 440 g/mol. The summed E-state index contributed by atoms with van der Waals surface area (Å²) in [5.41, 5.74) is 1.46. The summed E-state index contributed by atoms with van der Waals surface area (Å²) in [6.45, 7) is 1.13. The van der Waals surface area contributed by atoms with E-state index < -0.39 is 16.2 Å². The Morgan fingerprint density at radius 1 is 1.06 bits per heavy atom. The highest BCUT2D eigenvalue weighted by molar-refractivity contribution is 7.90. The summed E-state index contributed by atoms with van der Waals surface area (Å²) in [5, 5.41) is 8.93. The molecule has 1 saturated heterocycles. The van der Waals surface area contributed by atoms with Crippen LogP contribution in [0.5, 0.6) is 0 Å². The van der Waals surface area contributed by atoms with Gasteiger partial charge in [-0.3, -0.25) is 4.72 Å². The van der Waals surface area contributed by atoms with E-state index in [0.29, 0.717) is 41.7 Å². The second-order valence-electron chi connectivity index (χ2n) is 8.09. The first kappa shape index (κ1) is 21.3. The number of carbonyl (C=O) groups is 1. The summed E-state index contributed by atoms with van der Waals surface area (Å²) < 4.78 is 30.4. The zero-order chi connectivity index (χ0) is 21.8. The summed E-state index contributed by atoms with van der Waals surface area (Å²) in [6, 6.07) is 9.96. The SMILES string of the molecule is O=C(O)c1ccc(C#Cc2ccccc2NS(=O)(=O)N2CCC3CCCCC3C2)cn1. The molecule has 1 aliphatic heterocycles. The molecule has 2 aliphatic rings. The lowest BCUT2D eigenvalue weighted by atomic mass is 9.76. The van der Waals surface area contributed by atoms with Crippen LogP contribution >= 0.6 is 0 Å². The number of fused-ring (bicyclic) bond motifs is 1. The smallest absolute Gasteiger partial charge is 0.354 e. The summed E-state index contributed by atoms with van der Waals surface area (Å²) in [5.74, 6) is 5.89. The molecule has 2 unspecified atom stereocenters. The van der Waals surface area contributed by atoms with Crippen LogP contribution in [0.25, 0.3) is 0 Å². The Morgan fingerprint density at radius 3 is 2.58 bits per heavy atom. The third-order valence-corrected chi connectivity index (χ3v) is 7.57. The van der Waals surface area contributed by atoms with Crippen LogP contribution in [-0.4, -0.2) is 41.9 Å². The summed E-state index contributed by atoms with van der Waals surface area (Å²) in [7, 11) is -3.67. The molecule has 2 atom stereocenters. The number of nitrogens with one attached hydrogen (secondary N) is 1. The van der Waals surface area contributed by atoms with Gasteiger partial charge in [0.2, 0.25) is 0 Å². The maximum Gasteiger partial charge on any atom is 0.354 e. The maximum absolute atomic E-state index is 13.1. The Balaban J connectivity index is 1.50. The van der Waals surface area contributed by atoms with E-state index in [1.807, 2.05) is 0 Å². The van der Waals surface area contributed by atoms with E-state index in [1.54, 1.807) is 34.6 Å². The van der Waals surface area contributed by atoms with Gasteiger partial charge in [0.25, 0.3) is 0 Å². The lowest BCUT2D eigenvalue weighted by Crippen LogP contribution is -2.46. The highest BCUT2D eigenvalue weighted by atomic mass is 32.2. The molecule has 2 fully saturated rings. The van der Waals surface area contributed by atoms with E-state index in [9.17, 15) is 13.2 Å². The summed E-state index contributed by atoms with van der Waals surface area (Å²) in [4.78, 5) is 14.8. The van der Waals surface area contributed by atoms with E-state index in [-0.39, 0.29) is 5.69 Å². The number of hydrogen-bond donors (Lipinski definition) is 2. The zero-order valence-electron chi connectivity index (χ0n) is 17.1. The molecule has 4 rings (SSSR count). The van der Waals surface area contributed by atoms with Crippen molar-refractivity contribution in [1.29, 1.82) is 0 Å². The van der Waals surface area contributed by atoms with Gasteiger partial charge in [0.15, 0.2) is 0 Å². The number of pyridine rings is 1. The highest BCUT2D eigenvalue weighted by Gasteiger charge is 2.36. The Bertz CT molecular complexity index is 1120. The van der Waals surface area contributed by atoms with Gasteiger partial charge in [-0.2, -0.15) is 12.7 Å². The number of nitrogens with zero attached hydrogens (tertiary/aromatic N) is 2. The first-order chi connectivity index (χ1) is 14.9. The minimum Gasteiger partial charge on any atom is -0.477 e. The molecule has 7 nitrogen and oxygen atoms in total. The van der Waals surface area contributed by atoms with E-state index in [2.05, 4.69) is 21.5 Å². The number of rotatable bonds is 4. The largest absolute Gasteiger partial charge is 0.477 e. The van der Waals surface area contributed by atoms with Crippen LogP contribution in [0.1, 0.15) is 53.7 Å². The molecule has 8 heteroatoms. The van der Waals surface area contributed by atoms with Gasteiger partial charge in [-0.05, 0) is 48.9 Å². The lowest BCUT2D eigenvalue weighted by Gasteiger charge is -2.40. The monoisotopic (exact) mass is 439 g/mol. The number of aromatic nitrogens is 1. The third-order valence-electron chi connectivity index (χ3n) is 6.08. The van der Waals surface area contributed by atoms with Crippen LogP contribution in [0.15, 0.2) is 42.6 Å². The van der Waals surface area contributed by atoms with E-state index in [0.717, 1.165) is 12.8 Å². The normalized spacial score (nSPS) is 21.4. The van der Waals surface area contributed by atoms with Crippen molar-refractivity contribution < 1.29 is 18.3 Å². The summed E-state index contributed by atoms with van der Waals surface area (Å²) >= 11 is 0. The van der Waals surface area contributed by atoms with Crippen molar-refractivity contribution in [2.24, 2.45) is 11.8 Å². The van der Waals surface area contributed by atoms with Crippen molar-refractivity contribution in [3.8, 4) is 11.8 Å². The van der Waals surface area contributed by atoms with Crippen LogP contribution in [0.2, 0.25) is 0 Å². The topological polar surface area (TPSA) is 99.6 Å². The lowest BCUT2D eigenvalue weighted by molar-refractivity contribution is 0.0690. The Hall–Kier alpha value is -2.89. The third kappa shape index (κ3) is 5.06. The molecule has 0 amide bonds. The molecule has 1 aromatic carbocycles. The number of hydrogen-bond acceptors (Lipinski definition) is 4. The van der Waals surface area contributed by atoms with Crippen molar-refractivity contribution in [2.45, 2.75) is 32.1 Å². The molecule has 0 bridgehead atoms. The minimum absolute atomic E-state index is 0.0551.